The first kappa shape index (κ1) is 28.5. The Bertz CT molecular complexity index is 1350. The third-order valence-corrected chi connectivity index (χ3v) is 6.75. The summed E-state index contributed by atoms with van der Waals surface area (Å²) in [4.78, 5) is 32.6. The molecule has 3 aromatic rings. The van der Waals surface area contributed by atoms with E-state index in [1.807, 2.05) is 0 Å². The van der Waals surface area contributed by atoms with Crippen LogP contribution < -0.4 is 18.9 Å². The zero-order valence-corrected chi connectivity index (χ0v) is 23.2. The van der Waals surface area contributed by atoms with Crippen LogP contribution in [0.15, 0.2) is 66.4 Å². The van der Waals surface area contributed by atoms with Crippen LogP contribution in [0.3, 0.4) is 0 Å². The summed E-state index contributed by atoms with van der Waals surface area (Å²) < 4.78 is 22.3. The van der Waals surface area contributed by atoms with Gasteiger partial charge in [-0.2, -0.15) is 0 Å². The smallest absolute Gasteiger partial charge is 0.296 e. The summed E-state index contributed by atoms with van der Waals surface area (Å²) in [6, 6.07) is 14.6. The van der Waals surface area contributed by atoms with Crippen molar-refractivity contribution >= 4 is 17.4 Å². The fourth-order valence-electron chi connectivity index (χ4n) is 4.72. The number of aromatic nitrogens is 1. The number of hydrogen-bond donors (Lipinski definition) is 1. The first-order valence-electron chi connectivity index (χ1n) is 13.1. The average molecular weight is 547 g/mol. The number of ketones is 1. The number of carbonyl (C=O) groups is 2. The lowest BCUT2D eigenvalue weighted by molar-refractivity contribution is -0.140. The summed E-state index contributed by atoms with van der Waals surface area (Å²) >= 11 is 0. The second kappa shape index (κ2) is 13.0. The highest BCUT2D eigenvalue weighted by Gasteiger charge is 2.46. The number of aliphatic hydroxyl groups is 1. The molecule has 4 rings (SSSR count). The van der Waals surface area contributed by atoms with E-state index in [1.54, 1.807) is 60.8 Å². The summed E-state index contributed by atoms with van der Waals surface area (Å²) in [7, 11) is 4.46. The molecule has 1 aliphatic rings. The molecule has 1 aliphatic heterocycles. The highest BCUT2D eigenvalue weighted by molar-refractivity contribution is 6.46. The van der Waals surface area contributed by atoms with Crippen LogP contribution in [-0.4, -0.2) is 54.6 Å². The first-order valence-corrected chi connectivity index (χ1v) is 13.1. The van der Waals surface area contributed by atoms with E-state index in [2.05, 4.69) is 11.9 Å². The van der Waals surface area contributed by atoms with Crippen LogP contribution in [0.1, 0.15) is 49.0 Å². The van der Waals surface area contributed by atoms with E-state index >= 15 is 0 Å². The van der Waals surface area contributed by atoms with Crippen molar-refractivity contribution in [3.05, 3.63) is 83.2 Å². The van der Waals surface area contributed by atoms with Gasteiger partial charge >= 0.3 is 0 Å². The number of nitrogens with zero attached hydrogens (tertiary/aromatic N) is 2. The van der Waals surface area contributed by atoms with Crippen LogP contribution in [-0.2, 0) is 16.1 Å². The molecule has 1 fully saturated rings. The molecule has 1 atom stereocenters. The van der Waals surface area contributed by atoms with E-state index in [1.165, 1.54) is 26.2 Å². The average Bonchev–Trinajstić information content (AvgIpc) is 3.23. The minimum Gasteiger partial charge on any atom is -0.507 e. The van der Waals surface area contributed by atoms with Crippen molar-refractivity contribution in [1.82, 2.24) is 9.88 Å². The van der Waals surface area contributed by atoms with Gasteiger partial charge in [-0.15, -0.1) is 0 Å². The van der Waals surface area contributed by atoms with Gasteiger partial charge in [0.2, 0.25) is 5.75 Å². The van der Waals surface area contributed by atoms with Crippen LogP contribution in [0.2, 0.25) is 0 Å². The van der Waals surface area contributed by atoms with Crippen molar-refractivity contribution in [3.8, 4) is 23.0 Å². The number of Topliss-reactive ketones (excluding diaryl/α,β-unsaturated/α-hetero) is 1. The molecule has 1 amide bonds. The number of likely N-dealkylation sites (tertiary alicyclic amines) is 1. The van der Waals surface area contributed by atoms with Crippen molar-refractivity contribution < 1.29 is 33.6 Å². The van der Waals surface area contributed by atoms with Gasteiger partial charge in [-0.25, -0.2) is 0 Å². The predicted octanol–water partition coefficient (Wildman–Crippen LogP) is 5.30. The summed E-state index contributed by atoms with van der Waals surface area (Å²) in [5, 5.41) is 11.5. The Morgan fingerprint density at radius 3 is 2.23 bits per heavy atom. The zero-order valence-electron chi connectivity index (χ0n) is 23.2. The fraction of sp³-hybridized carbons (Fsp3) is 0.323. The van der Waals surface area contributed by atoms with E-state index < -0.39 is 17.7 Å². The number of amides is 1. The number of methoxy groups -OCH3 is 3. The lowest BCUT2D eigenvalue weighted by Gasteiger charge is -2.26. The molecular formula is C31H34N2O7. The van der Waals surface area contributed by atoms with Gasteiger partial charge in [-0.3, -0.25) is 14.6 Å². The topological polar surface area (TPSA) is 107 Å². The van der Waals surface area contributed by atoms with Crippen LogP contribution in [0.4, 0.5) is 0 Å². The molecule has 0 spiro atoms. The number of benzene rings is 2. The highest BCUT2D eigenvalue weighted by Crippen LogP contribution is 2.46. The number of ether oxygens (including phenoxy) is 4. The van der Waals surface area contributed by atoms with Crippen molar-refractivity contribution in [2.45, 2.75) is 38.8 Å². The lowest BCUT2D eigenvalue weighted by atomic mass is 9.94. The van der Waals surface area contributed by atoms with E-state index in [9.17, 15) is 14.7 Å². The maximum atomic E-state index is 13.5. The molecule has 1 unspecified atom stereocenters. The monoisotopic (exact) mass is 546 g/mol. The molecule has 0 bridgehead atoms. The second-order valence-corrected chi connectivity index (χ2v) is 9.29. The number of rotatable bonds is 12. The van der Waals surface area contributed by atoms with Gasteiger partial charge in [0.25, 0.3) is 11.7 Å². The first-order chi connectivity index (χ1) is 19.4. The standard InChI is InChI=1S/C31H34N2O7/c1-5-6-9-16-40-23-13-11-20(12-14-23)28(34)26-27(21-17-24(37-2)30(39-4)25(18-21)38-3)33(31(36)29(26)35)19-22-10-7-8-15-32-22/h7-8,10-15,17-18,27,34H,5-6,9,16,19H2,1-4H3/b28-26+. The maximum Gasteiger partial charge on any atom is 0.296 e. The molecule has 40 heavy (non-hydrogen) atoms. The number of unbranched alkanes of at least 4 members (excludes halogenated alkanes) is 2. The summed E-state index contributed by atoms with van der Waals surface area (Å²) in [6.07, 6.45) is 4.75. The molecule has 0 aliphatic carbocycles. The number of pyridine rings is 1. The quantitative estimate of drug-likeness (QED) is 0.141. The van der Waals surface area contributed by atoms with Gasteiger partial charge in [0.05, 0.1) is 51.8 Å². The molecule has 9 nitrogen and oxygen atoms in total. The third-order valence-electron chi connectivity index (χ3n) is 6.75. The van der Waals surface area contributed by atoms with Gasteiger partial charge in [-0.05, 0) is 60.5 Å². The molecule has 210 valence electrons. The molecule has 1 saturated heterocycles. The Hall–Kier alpha value is -4.53. The summed E-state index contributed by atoms with van der Waals surface area (Å²) in [5.41, 5.74) is 1.43. The molecule has 0 saturated carbocycles. The Balaban J connectivity index is 1.80. The highest BCUT2D eigenvalue weighted by atomic mass is 16.5. The molecule has 2 aromatic carbocycles. The number of aliphatic hydroxyl groups excluding tert-OH is 1. The van der Waals surface area contributed by atoms with Crippen molar-refractivity contribution in [2.75, 3.05) is 27.9 Å². The van der Waals surface area contributed by atoms with E-state index in [4.69, 9.17) is 18.9 Å². The van der Waals surface area contributed by atoms with E-state index in [0.717, 1.165) is 19.3 Å². The predicted molar refractivity (Wildman–Crippen MR) is 150 cm³/mol. The molecular weight excluding hydrogens is 512 g/mol. The minimum absolute atomic E-state index is 0.0492. The van der Waals surface area contributed by atoms with Crippen molar-refractivity contribution in [1.29, 1.82) is 0 Å². The molecule has 0 radical (unpaired) electrons. The lowest BCUT2D eigenvalue weighted by Crippen LogP contribution is -2.29. The zero-order chi connectivity index (χ0) is 28.6. The molecule has 9 heteroatoms. The molecule has 1 aromatic heterocycles. The van der Waals surface area contributed by atoms with Gasteiger partial charge in [0.15, 0.2) is 11.5 Å². The largest absolute Gasteiger partial charge is 0.507 e. The van der Waals surface area contributed by atoms with E-state index in [-0.39, 0.29) is 17.9 Å². The van der Waals surface area contributed by atoms with Crippen LogP contribution in [0, 0.1) is 0 Å². The van der Waals surface area contributed by atoms with Crippen molar-refractivity contribution in [2.24, 2.45) is 0 Å². The Morgan fingerprint density at radius 1 is 0.950 bits per heavy atom. The summed E-state index contributed by atoms with van der Waals surface area (Å²) in [5.74, 6) is -0.115. The van der Waals surface area contributed by atoms with Gasteiger partial charge < -0.3 is 29.0 Å². The maximum absolute atomic E-state index is 13.5. The Kier molecular flexibility index (Phi) is 9.27. The van der Waals surface area contributed by atoms with Crippen LogP contribution in [0.25, 0.3) is 5.76 Å². The number of carbonyl (C=O) groups excluding carboxylic acids is 2. The fourth-order valence-corrected chi connectivity index (χ4v) is 4.72. The summed E-state index contributed by atoms with van der Waals surface area (Å²) in [6.45, 7) is 2.77. The Labute approximate surface area is 234 Å². The van der Waals surface area contributed by atoms with Gasteiger partial charge in [0, 0.05) is 11.8 Å². The van der Waals surface area contributed by atoms with Gasteiger partial charge in [0.1, 0.15) is 11.5 Å². The van der Waals surface area contributed by atoms with Crippen molar-refractivity contribution in [3.63, 3.8) is 0 Å². The minimum atomic E-state index is -0.944. The SMILES string of the molecule is CCCCCOc1ccc(/C(O)=C2\C(=O)C(=O)N(Cc3ccccn3)C2c2cc(OC)c(OC)c(OC)c2)cc1. The molecule has 2 heterocycles. The van der Waals surface area contributed by atoms with E-state index in [0.29, 0.717) is 46.4 Å². The Morgan fingerprint density at radius 2 is 1.65 bits per heavy atom. The second-order valence-electron chi connectivity index (χ2n) is 9.29. The van der Waals surface area contributed by atoms with Crippen LogP contribution >= 0.6 is 0 Å². The van der Waals surface area contributed by atoms with Gasteiger partial charge in [-0.1, -0.05) is 25.8 Å². The van der Waals surface area contributed by atoms with Crippen LogP contribution in [0.5, 0.6) is 23.0 Å². The molecule has 1 N–H and O–H groups in total. The number of hydrogen-bond acceptors (Lipinski definition) is 8. The normalized spacial score (nSPS) is 16.2. The third kappa shape index (κ3) is 5.88.